The number of thioether (sulfide) groups is 1. The summed E-state index contributed by atoms with van der Waals surface area (Å²) in [6, 6.07) is 7.84. The SMILES string of the molecule is O=C1CCCC1SCc1ccc(Cl)cc1. The Kier molecular flexibility index (Phi) is 3.71. The van der Waals surface area contributed by atoms with Crippen molar-refractivity contribution in [2.24, 2.45) is 0 Å². The van der Waals surface area contributed by atoms with Gasteiger partial charge in [0, 0.05) is 17.2 Å². The fourth-order valence-electron chi connectivity index (χ4n) is 1.74. The van der Waals surface area contributed by atoms with Crippen LogP contribution in [0.2, 0.25) is 5.02 Å². The number of hydrogen-bond acceptors (Lipinski definition) is 2. The van der Waals surface area contributed by atoms with Gasteiger partial charge >= 0.3 is 0 Å². The van der Waals surface area contributed by atoms with E-state index >= 15 is 0 Å². The molecular formula is C12H13ClOS. The van der Waals surface area contributed by atoms with E-state index in [-0.39, 0.29) is 5.25 Å². The van der Waals surface area contributed by atoms with Crippen LogP contribution in [0.3, 0.4) is 0 Å². The van der Waals surface area contributed by atoms with Crippen molar-refractivity contribution in [1.29, 1.82) is 0 Å². The van der Waals surface area contributed by atoms with Crippen LogP contribution in [0.5, 0.6) is 0 Å². The number of Topliss-reactive ketones (excluding diaryl/α,β-unsaturated/α-hetero) is 1. The van der Waals surface area contributed by atoms with Gasteiger partial charge in [0.05, 0.1) is 5.25 Å². The molecule has 0 N–H and O–H groups in total. The average molecular weight is 241 g/mol. The molecule has 0 saturated heterocycles. The predicted molar refractivity (Wildman–Crippen MR) is 65.4 cm³/mol. The lowest BCUT2D eigenvalue weighted by Gasteiger charge is -2.07. The smallest absolute Gasteiger partial charge is 0.145 e. The molecule has 0 aromatic heterocycles. The van der Waals surface area contributed by atoms with E-state index in [1.807, 2.05) is 24.3 Å². The van der Waals surface area contributed by atoms with Crippen molar-refractivity contribution in [2.75, 3.05) is 0 Å². The van der Waals surface area contributed by atoms with Crippen LogP contribution in [0.25, 0.3) is 0 Å². The summed E-state index contributed by atoms with van der Waals surface area (Å²) < 4.78 is 0. The molecule has 1 aromatic carbocycles. The first-order chi connectivity index (χ1) is 7.25. The van der Waals surface area contributed by atoms with Crippen molar-refractivity contribution in [1.82, 2.24) is 0 Å². The monoisotopic (exact) mass is 240 g/mol. The maximum Gasteiger partial charge on any atom is 0.145 e. The second-order valence-electron chi connectivity index (χ2n) is 3.78. The van der Waals surface area contributed by atoms with E-state index in [0.29, 0.717) is 5.78 Å². The molecule has 1 aliphatic rings. The van der Waals surface area contributed by atoms with Crippen molar-refractivity contribution in [3.8, 4) is 0 Å². The zero-order chi connectivity index (χ0) is 10.7. The minimum absolute atomic E-state index is 0.237. The van der Waals surface area contributed by atoms with Crippen LogP contribution >= 0.6 is 23.4 Å². The molecule has 0 heterocycles. The summed E-state index contributed by atoms with van der Waals surface area (Å²) in [4.78, 5) is 11.4. The van der Waals surface area contributed by atoms with Gasteiger partial charge in [-0.1, -0.05) is 23.7 Å². The number of carbonyl (C=O) groups is 1. The van der Waals surface area contributed by atoms with Crippen molar-refractivity contribution in [3.05, 3.63) is 34.9 Å². The van der Waals surface area contributed by atoms with Crippen LogP contribution < -0.4 is 0 Å². The summed E-state index contributed by atoms with van der Waals surface area (Å²) in [7, 11) is 0. The molecule has 0 amide bonds. The van der Waals surface area contributed by atoms with Crippen molar-refractivity contribution >= 4 is 29.1 Å². The fraction of sp³-hybridized carbons (Fsp3) is 0.417. The second-order valence-corrected chi connectivity index (χ2v) is 5.41. The molecule has 0 bridgehead atoms. The summed E-state index contributed by atoms with van der Waals surface area (Å²) in [5.74, 6) is 1.34. The van der Waals surface area contributed by atoms with Crippen LogP contribution in [0.15, 0.2) is 24.3 Å². The number of benzene rings is 1. The zero-order valence-electron chi connectivity index (χ0n) is 8.41. The highest BCUT2D eigenvalue weighted by atomic mass is 35.5. The molecular weight excluding hydrogens is 228 g/mol. The van der Waals surface area contributed by atoms with Gasteiger partial charge in [-0.3, -0.25) is 4.79 Å². The van der Waals surface area contributed by atoms with Gasteiger partial charge < -0.3 is 0 Å². The number of rotatable bonds is 3. The Bertz CT molecular complexity index is 347. The summed E-state index contributed by atoms with van der Waals surface area (Å²) in [5.41, 5.74) is 1.24. The molecule has 1 fully saturated rings. The van der Waals surface area contributed by atoms with Gasteiger partial charge in [-0.05, 0) is 30.5 Å². The summed E-state index contributed by atoms with van der Waals surface area (Å²) in [6.45, 7) is 0. The topological polar surface area (TPSA) is 17.1 Å². The minimum atomic E-state index is 0.237. The average Bonchev–Trinajstić information content (AvgIpc) is 2.63. The van der Waals surface area contributed by atoms with E-state index in [2.05, 4.69) is 0 Å². The standard InChI is InChI=1S/C12H13ClOS/c13-10-6-4-9(5-7-10)8-15-12-3-1-2-11(12)14/h4-7,12H,1-3,8H2. The Morgan fingerprint density at radius 2 is 2.07 bits per heavy atom. The Morgan fingerprint density at radius 3 is 2.67 bits per heavy atom. The Balaban J connectivity index is 1.87. The molecule has 1 atom stereocenters. The number of hydrogen-bond donors (Lipinski definition) is 0. The normalized spacial score (nSPS) is 20.9. The summed E-state index contributed by atoms with van der Waals surface area (Å²) in [5, 5.41) is 1.00. The van der Waals surface area contributed by atoms with Gasteiger partial charge in [0.1, 0.15) is 5.78 Å². The molecule has 1 nitrogen and oxygen atoms in total. The van der Waals surface area contributed by atoms with E-state index in [0.717, 1.165) is 30.0 Å². The Hall–Kier alpha value is -0.470. The van der Waals surface area contributed by atoms with Gasteiger partial charge in [0.2, 0.25) is 0 Å². The Morgan fingerprint density at radius 1 is 1.33 bits per heavy atom. The van der Waals surface area contributed by atoms with Crippen molar-refractivity contribution < 1.29 is 4.79 Å². The number of halogens is 1. The second kappa shape index (κ2) is 5.04. The third-order valence-electron chi connectivity index (χ3n) is 2.61. The lowest BCUT2D eigenvalue weighted by Crippen LogP contribution is -2.08. The highest BCUT2D eigenvalue weighted by molar-refractivity contribution is 7.99. The molecule has 15 heavy (non-hydrogen) atoms. The van der Waals surface area contributed by atoms with E-state index < -0.39 is 0 Å². The molecule has 1 unspecified atom stereocenters. The van der Waals surface area contributed by atoms with Crippen LogP contribution in [0, 0.1) is 0 Å². The summed E-state index contributed by atoms with van der Waals surface area (Å²) >= 11 is 7.56. The van der Waals surface area contributed by atoms with E-state index in [1.54, 1.807) is 11.8 Å². The highest BCUT2D eigenvalue weighted by Crippen LogP contribution is 2.29. The van der Waals surface area contributed by atoms with Gasteiger partial charge in [0.15, 0.2) is 0 Å². The van der Waals surface area contributed by atoms with Crippen LogP contribution in [-0.2, 0) is 10.5 Å². The lowest BCUT2D eigenvalue weighted by molar-refractivity contribution is -0.116. The van der Waals surface area contributed by atoms with Crippen LogP contribution in [-0.4, -0.2) is 11.0 Å². The van der Waals surface area contributed by atoms with E-state index in [1.165, 1.54) is 5.56 Å². The fourth-order valence-corrected chi connectivity index (χ4v) is 3.09. The van der Waals surface area contributed by atoms with Crippen molar-refractivity contribution in [3.63, 3.8) is 0 Å². The van der Waals surface area contributed by atoms with Gasteiger partial charge in [-0.15, -0.1) is 11.8 Å². The van der Waals surface area contributed by atoms with Gasteiger partial charge in [-0.2, -0.15) is 0 Å². The quantitative estimate of drug-likeness (QED) is 0.802. The first-order valence-corrected chi connectivity index (χ1v) is 6.57. The largest absolute Gasteiger partial charge is 0.298 e. The first-order valence-electron chi connectivity index (χ1n) is 5.14. The molecule has 2 rings (SSSR count). The molecule has 1 aliphatic carbocycles. The molecule has 0 radical (unpaired) electrons. The van der Waals surface area contributed by atoms with Crippen LogP contribution in [0.4, 0.5) is 0 Å². The maximum atomic E-state index is 11.4. The highest BCUT2D eigenvalue weighted by Gasteiger charge is 2.24. The third-order valence-corrected chi connectivity index (χ3v) is 4.27. The first kappa shape index (κ1) is 11.0. The molecule has 3 heteroatoms. The molecule has 1 saturated carbocycles. The maximum absolute atomic E-state index is 11.4. The lowest BCUT2D eigenvalue weighted by atomic mass is 10.2. The third kappa shape index (κ3) is 2.99. The van der Waals surface area contributed by atoms with E-state index in [4.69, 9.17) is 11.6 Å². The summed E-state index contributed by atoms with van der Waals surface area (Å²) in [6.07, 6.45) is 2.90. The number of carbonyl (C=O) groups excluding carboxylic acids is 1. The predicted octanol–water partition coefficient (Wildman–Crippen LogP) is 3.69. The van der Waals surface area contributed by atoms with Crippen LogP contribution in [0.1, 0.15) is 24.8 Å². The van der Waals surface area contributed by atoms with Crippen molar-refractivity contribution in [2.45, 2.75) is 30.3 Å². The zero-order valence-corrected chi connectivity index (χ0v) is 9.98. The molecule has 0 spiro atoms. The minimum Gasteiger partial charge on any atom is -0.298 e. The Labute approximate surface area is 99.2 Å². The molecule has 80 valence electrons. The molecule has 1 aromatic rings. The number of ketones is 1. The van der Waals surface area contributed by atoms with Gasteiger partial charge in [-0.25, -0.2) is 0 Å². The van der Waals surface area contributed by atoms with Gasteiger partial charge in [0.25, 0.3) is 0 Å². The van der Waals surface area contributed by atoms with E-state index in [9.17, 15) is 4.79 Å². The molecule has 0 aliphatic heterocycles.